The fourth-order valence-corrected chi connectivity index (χ4v) is 2.82. The molecular weight excluding hydrogens is 240 g/mol. The van der Waals surface area contributed by atoms with E-state index in [4.69, 9.17) is 11.6 Å². The molecule has 2 aromatic rings. The zero-order valence-corrected chi connectivity index (χ0v) is 12.0. The number of unbranched alkanes of at least 4 members (excludes halogenated alkanes) is 2. The average molecular weight is 261 g/mol. The topological polar surface area (TPSA) is 0 Å². The SMILES string of the molecule is CCCCCC(Cl)c1ccc(C)c2ccccc12. The molecule has 0 saturated carbocycles. The molecule has 0 amide bonds. The minimum Gasteiger partial charge on any atom is -0.118 e. The molecule has 96 valence electrons. The Morgan fingerprint density at radius 2 is 1.72 bits per heavy atom. The highest BCUT2D eigenvalue weighted by Crippen LogP contribution is 2.33. The molecule has 18 heavy (non-hydrogen) atoms. The molecule has 0 radical (unpaired) electrons. The summed E-state index contributed by atoms with van der Waals surface area (Å²) in [4.78, 5) is 0. The van der Waals surface area contributed by atoms with E-state index in [9.17, 15) is 0 Å². The van der Waals surface area contributed by atoms with E-state index in [2.05, 4.69) is 50.2 Å². The van der Waals surface area contributed by atoms with Gasteiger partial charge in [-0.25, -0.2) is 0 Å². The van der Waals surface area contributed by atoms with Crippen LogP contribution in [-0.2, 0) is 0 Å². The number of aryl methyl sites for hydroxylation is 1. The summed E-state index contributed by atoms with van der Waals surface area (Å²) in [6.45, 7) is 4.39. The first-order chi connectivity index (χ1) is 8.74. The normalized spacial score (nSPS) is 12.8. The second kappa shape index (κ2) is 6.24. The van der Waals surface area contributed by atoms with Crippen LogP contribution in [0.4, 0.5) is 0 Å². The minimum absolute atomic E-state index is 0.141. The van der Waals surface area contributed by atoms with E-state index >= 15 is 0 Å². The van der Waals surface area contributed by atoms with Crippen LogP contribution in [0.25, 0.3) is 10.8 Å². The van der Waals surface area contributed by atoms with Gasteiger partial charge in [-0.15, -0.1) is 11.6 Å². The Morgan fingerprint density at radius 3 is 2.44 bits per heavy atom. The first-order valence-corrected chi connectivity index (χ1v) is 7.30. The van der Waals surface area contributed by atoms with Gasteiger partial charge in [-0.05, 0) is 35.2 Å². The molecule has 1 atom stereocenters. The molecule has 1 heteroatoms. The van der Waals surface area contributed by atoms with Crippen LogP contribution in [0.15, 0.2) is 36.4 Å². The molecule has 0 nitrogen and oxygen atoms in total. The summed E-state index contributed by atoms with van der Waals surface area (Å²) in [5.41, 5.74) is 2.61. The van der Waals surface area contributed by atoms with Gasteiger partial charge in [0.2, 0.25) is 0 Å². The zero-order valence-electron chi connectivity index (χ0n) is 11.2. The van der Waals surface area contributed by atoms with Gasteiger partial charge >= 0.3 is 0 Å². The Labute approximate surface area is 115 Å². The average Bonchev–Trinajstić information content (AvgIpc) is 2.39. The number of halogens is 1. The first kappa shape index (κ1) is 13.4. The molecular formula is C17H21Cl. The lowest BCUT2D eigenvalue weighted by Gasteiger charge is -2.14. The third-order valence-corrected chi connectivity index (χ3v) is 4.03. The van der Waals surface area contributed by atoms with Gasteiger partial charge in [0, 0.05) is 0 Å². The molecule has 0 spiro atoms. The van der Waals surface area contributed by atoms with Crippen LogP contribution in [0.5, 0.6) is 0 Å². The number of benzene rings is 2. The van der Waals surface area contributed by atoms with Crippen molar-refractivity contribution < 1.29 is 0 Å². The van der Waals surface area contributed by atoms with Gasteiger partial charge in [-0.1, -0.05) is 62.6 Å². The summed E-state index contributed by atoms with van der Waals surface area (Å²) in [5, 5.41) is 2.78. The maximum atomic E-state index is 6.57. The standard InChI is InChI=1S/C17H21Cl/c1-3-4-5-10-17(18)16-12-11-13(2)14-8-6-7-9-15(14)16/h6-9,11-12,17H,3-5,10H2,1-2H3. The quantitative estimate of drug-likeness (QED) is 0.456. The van der Waals surface area contributed by atoms with Crippen LogP contribution in [0.2, 0.25) is 0 Å². The molecule has 0 aliphatic rings. The van der Waals surface area contributed by atoms with E-state index in [0.29, 0.717) is 0 Å². The number of rotatable bonds is 5. The number of fused-ring (bicyclic) bond motifs is 1. The van der Waals surface area contributed by atoms with Crippen LogP contribution in [0, 0.1) is 6.92 Å². The van der Waals surface area contributed by atoms with Crippen LogP contribution < -0.4 is 0 Å². The molecule has 0 aliphatic heterocycles. The molecule has 2 aromatic carbocycles. The van der Waals surface area contributed by atoms with E-state index in [1.54, 1.807) is 0 Å². The Kier molecular flexibility index (Phi) is 4.66. The monoisotopic (exact) mass is 260 g/mol. The lowest BCUT2D eigenvalue weighted by molar-refractivity contribution is 0.657. The predicted octanol–water partition coefficient (Wildman–Crippen LogP) is 6.01. The Hall–Kier alpha value is -1.01. The van der Waals surface area contributed by atoms with Crippen molar-refractivity contribution in [1.82, 2.24) is 0 Å². The van der Waals surface area contributed by atoms with Crippen molar-refractivity contribution in [3.63, 3.8) is 0 Å². The molecule has 0 N–H and O–H groups in total. The number of hydrogen-bond acceptors (Lipinski definition) is 0. The van der Waals surface area contributed by atoms with Gasteiger partial charge in [0.05, 0.1) is 5.38 Å². The van der Waals surface area contributed by atoms with Gasteiger partial charge < -0.3 is 0 Å². The van der Waals surface area contributed by atoms with Crippen molar-refractivity contribution in [2.75, 3.05) is 0 Å². The van der Waals surface area contributed by atoms with E-state index in [0.717, 1.165) is 6.42 Å². The molecule has 1 unspecified atom stereocenters. The summed E-state index contributed by atoms with van der Waals surface area (Å²) in [6, 6.07) is 12.9. The smallest absolute Gasteiger partial charge is 0.0591 e. The van der Waals surface area contributed by atoms with Gasteiger partial charge in [-0.2, -0.15) is 0 Å². The maximum Gasteiger partial charge on any atom is 0.0591 e. The highest BCUT2D eigenvalue weighted by molar-refractivity contribution is 6.21. The van der Waals surface area contributed by atoms with Gasteiger partial charge in [0.1, 0.15) is 0 Å². The van der Waals surface area contributed by atoms with E-state index in [-0.39, 0.29) is 5.38 Å². The van der Waals surface area contributed by atoms with Crippen molar-refractivity contribution in [3.8, 4) is 0 Å². The lowest BCUT2D eigenvalue weighted by Crippen LogP contribution is -1.93. The van der Waals surface area contributed by atoms with Crippen molar-refractivity contribution >= 4 is 22.4 Å². The van der Waals surface area contributed by atoms with Crippen LogP contribution in [0.1, 0.15) is 49.1 Å². The van der Waals surface area contributed by atoms with Gasteiger partial charge in [-0.3, -0.25) is 0 Å². The molecule has 0 aliphatic carbocycles. The maximum absolute atomic E-state index is 6.57. The largest absolute Gasteiger partial charge is 0.118 e. The zero-order chi connectivity index (χ0) is 13.0. The van der Waals surface area contributed by atoms with Gasteiger partial charge in [0.25, 0.3) is 0 Å². The summed E-state index contributed by atoms with van der Waals surface area (Å²) in [6.07, 6.45) is 4.81. The van der Waals surface area contributed by atoms with E-state index in [1.165, 1.54) is 41.2 Å². The molecule has 0 aromatic heterocycles. The molecule has 0 saturated heterocycles. The summed E-state index contributed by atoms with van der Waals surface area (Å²) in [7, 11) is 0. The van der Waals surface area contributed by atoms with Crippen molar-refractivity contribution in [1.29, 1.82) is 0 Å². The van der Waals surface area contributed by atoms with E-state index < -0.39 is 0 Å². The van der Waals surface area contributed by atoms with Crippen LogP contribution in [-0.4, -0.2) is 0 Å². The Bertz CT molecular complexity index is 516. The first-order valence-electron chi connectivity index (χ1n) is 6.86. The summed E-state index contributed by atoms with van der Waals surface area (Å²) in [5.74, 6) is 0. The highest BCUT2D eigenvalue weighted by Gasteiger charge is 2.11. The minimum atomic E-state index is 0.141. The van der Waals surface area contributed by atoms with Gasteiger partial charge in [0.15, 0.2) is 0 Å². The molecule has 0 heterocycles. The van der Waals surface area contributed by atoms with Crippen molar-refractivity contribution in [2.45, 2.75) is 44.9 Å². The number of alkyl halides is 1. The fourth-order valence-electron chi connectivity index (χ4n) is 2.48. The fraction of sp³-hybridized carbons (Fsp3) is 0.412. The molecule has 0 fully saturated rings. The molecule has 2 rings (SSSR count). The Morgan fingerprint density at radius 1 is 1.00 bits per heavy atom. The second-order valence-electron chi connectivity index (χ2n) is 4.98. The van der Waals surface area contributed by atoms with Crippen molar-refractivity contribution in [2.24, 2.45) is 0 Å². The summed E-state index contributed by atoms with van der Waals surface area (Å²) >= 11 is 6.57. The van der Waals surface area contributed by atoms with Crippen LogP contribution in [0.3, 0.4) is 0 Å². The van der Waals surface area contributed by atoms with Crippen molar-refractivity contribution in [3.05, 3.63) is 47.5 Å². The van der Waals surface area contributed by atoms with E-state index in [1.807, 2.05) is 0 Å². The highest BCUT2D eigenvalue weighted by atomic mass is 35.5. The third kappa shape index (κ3) is 2.87. The summed E-state index contributed by atoms with van der Waals surface area (Å²) < 4.78 is 0. The Balaban J connectivity index is 2.30. The molecule has 0 bridgehead atoms. The second-order valence-corrected chi connectivity index (χ2v) is 5.51. The number of hydrogen-bond donors (Lipinski definition) is 0. The third-order valence-electron chi connectivity index (χ3n) is 3.57. The predicted molar refractivity (Wildman–Crippen MR) is 81.4 cm³/mol. The lowest BCUT2D eigenvalue weighted by atomic mass is 9.96. The van der Waals surface area contributed by atoms with Crippen LogP contribution >= 0.6 is 11.6 Å².